The highest BCUT2D eigenvalue weighted by Crippen LogP contribution is 2.02. The molecule has 0 bridgehead atoms. The fraction of sp³-hybridized carbons (Fsp3) is 0.467. The Labute approximate surface area is 124 Å². The maximum absolute atomic E-state index is 11.7. The van der Waals surface area contributed by atoms with Gasteiger partial charge in [0.25, 0.3) is 0 Å². The number of alkyl carbamates (subject to hydrolysis) is 1. The predicted octanol–water partition coefficient (Wildman–Crippen LogP) is 2.23. The Balaban J connectivity index is 2.49. The van der Waals surface area contributed by atoms with Crippen LogP contribution in [0.5, 0.6) is 0 Å². The molecule has 0 aromatic heterocycles. The Bertz CT molecular complexity index is 447. The van der Waals surface area contributed by atoms with Crippen molar-refractivity contribution in [1.82, 2.24) is 5.32 Å². The van der Waals surface area contributed by atoms with Gasteiger partial charge in [-0.1, -0.05) is 30.3 Å². The highest BCUT2D eigenvalue weighted by atomic mass is 16.6. The van der Waals surface area contributed by atoms with E-state index >= 15 is 0 Å². The van der Waals surface area contributed by atoms with Gasteiger partial charge in [0.2, 0.25) is 6.23 Å². The number of esters is 1. The summed E-state index contributed by atoms with van der Waals surface area (Å²) in [4.78, 5) is 23.4. The van der Waals surface area contributed by atoms with Crippen LogP contribution in [0.2, 0.25) is 0 Å². The molecule has 6 nitrogen and oxygen atoms in total. The number of benzene rings is 1. The van der Waals surface area contributed by atoms with Gasteiger partial charge < -0.3 is 14.2 Å². The van der Waals surface area contributed by atoms with Gasteiger partial charge in [-0.2, -0.15) is 0 Å². The van der Waals surface area contributed by atoms with Crippen molar-refractivity contribution in [2.75, 3.05) is 6.61 Å². The Kier molecular flexibility index (Phi) is 7.25. The molecule has 1 rings (SSSR count). The van der Waals surface area contributed by atoms with Crippen LogP contribution in [0.3, 0.4) is 0 Å². The van der Waals surface area contributed by atoms with Gasteiger partial charge in [-0.05, 0) is 26.3 Å². The van der Waals surface area contributed by atoms with Gasteiger partial charge in [0.05, 0.1) is 12.7 Å². The summed E-state index contributed by atoms with van der Waals surface area (Å²) in [6.07, 6.45) is -2.15. The molecule has 0 aliphatic heterocycles. The quantitative estimate of drug-likeness (QED) is 0.617. The molecule has 0 aliphatic carbocycles. The van der Waals surface area contributed by atoms with Crippen molar-refractivity contribution in [2.45, 2.75) is 39.7 Å². The Hall–Kier alpha value is -2.08. The van der Waals surface area contributed by atoms with Gasteiger partial charge in [-0.25, -0.2) is 9.59 Å². The number of nitrogens with one attached hydrogen (secondary N) is 1. The van der Waals surface area contributed by atoms with Gasteiger partial charge in [0.15, 0.2) is 0 Å². The van der Waals surface area contributed by atoms with Crippen molar-refractivity contribution in [1.29, 1.82) is 0 Å². The molecule has 0 fully saturated rings. The molecule has 1 unspecified atom stereocenters. The second-order valence-electron chi connectivity index (χ2n) is 4.52. The average Bonchev–Trinajstić information content (AvgIpc) is 2.45. The van der Waals surface area contributed by atoms with Crippen LogP contribution in [0.15, 0.2) is 30.3 Å². The van der Waals surface area contributed by atoms with Crippen LogP contribution in [-0.4, -0.2) is 31.0 Å². The van der Waals surface area contributed by atoms with Crippen molar-refractivity contribution in [3.05, 3.63) is 35.9 Å². The molecule has 6 heteroatoms. The molecular formula is C15H21NO5. The van der Waals surface area contributed by atoms with Crippen molar-refractivity contribution < 1.29 is 23.8 Å². The Morgan fingerprint density at radius 3 is 2.38 bits per heavy atom. The average molecular weight is 295 g/mol. The van der Waals surface area contributed by atoms with E-state index in [-0.39, 0.29) is 19.3 Å². The molecule has 0 spiro atoms. The lowest BCUT2D eigenvalue weighted by Crippen LogP contribution is -2.45. The summed E-state index contributed by atoms with van der Waals surface area (Å²) in [7, 11) is 0. The largest absolute Gasteiger partial charge is 0.463 e. The van der Waals surface area contributed by atoms with Crippen molar-refractivity contribution in [3.63, 3.8) is 0 Å². The minimum absolute atomic E-state index is 0.115. The zero-order valence-electron chi connectivity index (χ0n) is 12.5. The first-order valence-corrected chi connectivity index (χ1v) is 6.82. The number of ether oxygens (including phenoxy) is 3. The normalized spacial score (nSPS) is 11.8. The van der Waals surface area contributed by atoms with E-state index < -0.39 is 18.3 Å². The molecule has 0 saturated carbocycles. The molecule has 1 amide bonds. The number of carbonyl (C=O) groups excluding carboxylic acids is 2. The summed E-state index contributed by atoms with van der Waals surface area (Å²) in [5.74, 6) is -0.650. The topological polar surface area (TPSA) is 73.9 Å². The van der Waals surface area contributed by atoms with E-state index in [1.165, 1.54) is 0 Å². The SMILES string of the molecule is CCOC(=O)C(NC(=O)OCc1ccccc1)OC(C)C. The van der Waals surface area contributed by atoms with Crippen LogP contribution in [0.25, 0.3) is 0 Å². The van der Waals surface area contributed by atoms with Crippen molar-refractivity contribution in [2.24, 2.45) is 0 Å². The van der Waals surface area contributed by atoms with Crippen LogP contribution in [0.4, 0.5) is 4.79 Å². The van der Waals surface area contributed by atoms with Crippen LogP contribution >= 0.6 is 0 Å². The Morgan fingerprint density at radius 1 is 1.14 bits per heavy atom. The number of rotatable bonds is 7. The molecule has 0 radical (unpaired) electrons. The summed E-state index contributed by atoms with van der Waals surface area (Å²) in [5, 5.41) is 2.35. The van der Waals surface area contributed by atoms with Gasteiger partial charge >= 0.3 is 12.1 Å². The van der Waals surface area contributed by atoms with Gasteiger partial charge in [0.1, 0.15) is 6.61 Å². The first-order valence-electron chi connectivity index (χ1n) is 6.82. The lowest BCUT2D eigenvalue weighted by Gasteiger charge is -2.19. The maximum Gasteiger partial charge on any atom is 0.409 e. The van der Waals surface area contributed by atoms with Crippen LogP contribution in [-0.2, 0) is 25.6 Å². The highest BCUT2D eigenvalue weighted by Gasteiger charge is 2.24. The van der Waals surface area contributed by atoms with Crippen LogP contribution in [0, 0.1) is 0 Å². The number of hydrogen-bond acceptors (Lipinski definition) is 5. The molecule has 1 aromatic carbocycles. The second-order valence-corrected chi connectivity index (χ2v) is 4.52. The van der Waals surface area contributed by atoms with E-state index in [4.69, 9.17) is 14.2 Å². The van der Waals surface area contributed by atoms with E-state index in [0.29, 0.717) is 0 Å². The smallest absolute Gasteiger partial charge is 0.409 e. The minimum atomic E-state index is -1.17. The van der Waals surface area contributed by atoms with Crippen LogP contribution in [0.1, 0.15) is 26.3 Å². The van der Waals surface area contributed by atoms with E-state index in [9.17, 15) is 9.59 Å². The zero-order valence-corrected chi connectivity index (χ0v) is 12.5. The van der Waals surface area contributed by atoms with E-state index in [2.05, 4.69) is 5.32 Å². The highest BCUT2D eigenvalue weighted by molar-refractivity contribution is 5.80. The first-order chi connectivity index (χ1) is 10.0. The molecule has 1 N–H and O–H groups in total. The lowest BCUT2D eigenvalue weighted by molar-refractivity contribution is -0.161. The van der Waals surface area contributed by atoms with E-state index in [1.807, 2.05) is 30.3 Å². The van der Waals surface area contributed by atoms with E-state index in [0.717, 1.165) is 5.56 Å². The first kappa shape index (κ1) is 17.0. The lowest BCUT2D eigenvalue weighted by atomic mass is 10.2. The van der Waals surface area contributed by atoms with E-state index in [1.54, 1.807) is 20.8 Å². The van der Waals surface area contributed by atoms with Crippen molar-refractivity contribution in [3.8, 4) is 0 Å². The van der Waals surface area contributed by atoms with Gasteiger partial charge in [-0.3, -0.25) is 5.32 Å². The fourth-order valence-electron chi connectivity index (χ4n) is 1.51. The summed E-state index contributed by atoms with van der Waals surface area (Å²) >= 11 is 0. The molecule has 0 saturated heterocycles. The zero-order chi connectivity index (χ0) is 15.7. The molecule has 1 aromatic rings. The van der Waals surface area contributed by atoms with Crippen molar-refractivity contribution >= 4 is 12.1 Å². The number of hydrogen-bond donors (Lipinski definition) is 1. The van der Waals surface area contributed by atoms with Crippen LogP contribution < -0.4 is 5.32 Å². The fourth-order valence-corrected chi connectivity index (χ4v) is 1.51. The Morgan fingerprint density at radius 2 is 1.81 bits per heavy atom. The third-order valence-electron chi connectivity index (χ3n) is 2.37. The summed E-state index contributed by atoms with van der Waals surface area (Å²) in [6.45, 7) is 5.51. The van der Waals surface area contributed by atoms with Gasteiger partial charge in [0, 0.05) is 0 Å². The standard InChI is InChI=1S/C15H21NO5/c1-4-19-14(17)13(21-11(2)3)16-15(18)20-10-12-8-6-5-7-9-12/h5-9,11,13H,4,10H2,1-3H3,(H,16,18). The third kappa shape index (κ3) is 6.76. The predicted molar refractivity (Wildman–Crippen MR) is 76.4 cm³/mol. The summed E-state index contributed by atoms with van der Waals surface area (Å²) in [5.41, 5.74) is 0.852. The number of carbonyl (C=O) groups is 2. The second kappa shape index (κ2) is 8.97. The molecule has 0 heterocycles. The van der Waals surface area contributed by atoms with Gasteiger partial charge in [-0.15, -0.1) is 0 Å². The molecule has 1 atom stereocenters. The number of amides is 1. The molecule has 0 aliphatic rings. The third-order valence-corrected chi connectivity index (χ3v) is 2.37. The molecular weight excluding hydrogens is 274 g/mol. The summed E-state index contributed by atoms with van der Waals surface area (Å²) < 4.78 is 15.2. The maximum atomic E-state index is 11.7. The molecule has 21 heavy (non-hydrogen) atoms. The monoisotopic (exact) mass is 295 g/mol. The summed E-state index contributed by atoms with van der Waals surface area (Å²) in [6, 6.07) is 9.23. The molecule has 116 valence electrons. The minimum Gasteiger partial charge on any atom is -0.463 e.